The van der Waals surface area contributed by atoms with Crippen LogP contribution in [0.15, 0.2) is 18.3 Å². The minimum atomic E-state index is -0.577. The Morgan fingerprint density at radius 1 is 1.67 bits per heavy atom. The van der Waals surface area contributed by atoms with E-state index in [1.54, 1.807) is 6.92 Å². The highest BCUT2D eigenvalue weighted by Gasteiger charge is 2.15. The Morgan fingerprint density at radius 3 is 2.80 bits per heavy atom. The average Bonchev–Trinajstić information content (AvgIpc) is 2.20. The molecule has 3 N–H and O–H groups in total. The zero-order chi connectivity index (χ0) is 11.4. The van der Waals surface area contributed by atoms with E-state index in [-0.39, 0.29) is 16.7 Å². The first kappa shape index (κ1) is 11.5. The van der Waals surface area contributed by atoms with Crippen molar-refractivity contribution in [1.82, 2.24) is 4.98 Å². The molecule has 0 saturated heterocycles. The number of nitrogens with zero attached hydrogens (tertiary/aromatic N) is 1. The predicted octanol–water partition coefficient (Wildman–Crippen LogP) is 1.08. The third kappa shape index (κ3) is 3.25. The van der Waals surface area contributed by atoms with Crippen LogP contribution in [0.4, 0.5) is 10.2 Å². The Hall–Kier alpha value is -1.56. The number of pyridine rings is 1. The fourth-order valence-electron chi connectivity index (χ4n) is 0.813. The number of nitrogens with two attached hydrogens (primary N) is 1. The molecule has 4 nitrogen and oxygen atoms in total. The number of rotatable bonds is 3. The zero-order valence-electron chi connectivity index (χ0n) is 8.03. The molecule has 1 amide bonds. The minimum Gasteiger partial charge on any atom is -0.393 e. The fourth-order valence-corrected chi connectivity index (χ4v) is 0.920. The van der Waals surface area contributed by atoms with Crippen molar-refractivity contribution in [2.45, 2.75) is 6.92 Å². The van der Waals surface area contributed by atoms with Crippen molar-refractivity contribution in [3.8, 4) is 0 Å². The molecule has 0 fully saturated rings. The summed E-state index contributed by atoms with van der Waals surface area (Å²) in [6.45, 7) is 1.58. The second-order valence-corrected chi connectivity index (χ2v) is 3.45. The normalized spacial score (nSPS) is 11.9. The van der Waals surface area contributed by atoms with Gasteiger partial charge in [0.15, 0.2) is 0 Å². The molecular formula is C9H10FN3OS. The van der Waals surface area contributed by atoms with Crippen LogP contribution in [0.5, 0.6) is 0 Å². The lowest BCUT2D eigenvalue weighted by Gasteiger charge is -2.09. The van der Waals surface area contributed by atoms with Crippen molar-refractivity contribution in [2.75, 3.05) is 5.32 Å². The van der Waals surface area contributed by atoms with Crippen molar-refractivity contribution in [1.29, 1.82) is 0 Å². The van der Waals surface area contributed by atoms with Crippen LogP contribution in [-0.2, 0) is 4.79 Å². The van der Waals surface area contributed by atoms with E-state index in [0.29, 0.717) is 0 Å². The third-order valence-electron chi connectivity index (χ3n) is 1.80. The number of aromatic nitrogens is 1. The van der Waals surface area contributed by atoms with Gasteiger partial charge in [-0.3, -0.25) is 4.79 Å². The first-order chi connectivity index (χ1) is 7.00. The maximum absolute atomic E-state index is 12.5. The molecule has 1 heterocycles. The molecule has 1 aromatic rings. The highest BCUT2D eigenvalue weighted by molar-refractivity contribution is 7.80. The maximum atomic E-state index is 12.5. The van der Waals surface area contributed by atoms with E-state index >= 15 is 0 Å². The van der Waals surface area contributed by atoms with Gasteiger partial charge in [-0.2, -0.15) is 0 Å². The molecule has 1 atom stereocenters. The molecular weight excluding hydrogens is 217 g/mol. The summed E-state index contributed by atoms with van der Waals surface area (Å²) >= 11 is 4.67. The first-order valence-corrected chi connectivity index (χ1v) is 4.63. The molecule has 0 radical (unpaired) electrons. The van der Waals surface area contributed by atoms with E-state index < -0.39 is 11.7 Å². The van der Waals surface area contributed by atoms with Crippen molar-refractivity contribution in [3.63, 3.8) is 0 Å². The average molecular weight is 227 g/mol. The number of nitrogens with one attached hydrogen (secondary N) is 1. The SMILES string of the molecule is CC(C(=O)Nc1ccc(F)cn1)C(N)=S. The van der Waals surface area contributed by atoms with E-state index in [2.05, 4.69) is 22.5 Å². The number of amides is 1. The summed E-state index contributed by atoms with van der Waals surface area (Å²) in [5.41, 5.74) is 5.30. The van der Waals surface area contributed by atoms with E-state index in [0.717, 1.165) is 6.20 Å². The van der Waals surface area contributed by atoms with Crippen LogP contribution in [0.25, 0.3) is 0 Å². The smallest absolute Gasteiger partial charge is 0.235 e. The number of halogens is 1. The van der Waals surface area contributed by atoms with Crippen LogP contribution < -0.4 is 11.1 Å². The Morgan fingerprint density at radius 2 is 2.33 bits per heavy atom. The number of anilines is 1. The van der Waals surface area contributed by atoms with Crippen LogP contribution in [0, 0.1) is 11.7 Å². The van der Waals surface area contributed by atoms with Crippen LogP contribution in [-0.4, -0.2) is 15.9 Å². The second kappa shape index (κ2) is 4.79. The highest BCUT2D eigenvalue weighted by Crippen LogP contribution is 2.06. The Kier molecular flexibility index (Phi) is 3.68. The predicted molar refractivity (Wildman–Crippen MR) is 58.8 cm³/mol. The summed E-state index contributed by atoms with van der Waals surface area (Å²) in [4.78, 5) is 15.2. The molecule has 1 unspecified atom stereocenters. The van der Waals surface area contributed by atoms with Gasteiger partial charge in [-0.25, -0.2) is 9.37 Å². The monoisotopic (exact) mass is 227 g/mol. The third-order valence-corrected chi connectivity index (χ3v) is 2.15. The molecule has 1 rings (SSSR count). The van der Waals surface area contributed by atoms with Crippen molar-refractivity contribution in [2.24, 2.45) is 11.7 Å². The van der Waals surface area contributed by atoms with Gasteiger partial charge in [0.1, 0.15) is 11.6 Å². The Labute approximate surface area is 91.7 Å². The Bertz CT molecular complexity index is 379. The number of thiocarbonyl (C=S) groups is 1. The second-order valence-electron chi connectivity index (χ2n) is 2.97. The lowest BCUT2D eigenvalue weighted by atomic mass is 10.1. The molecule has 0 aliphatic heterocycles. The molecule has 80 valence electrons. The van der Waals surface area contributed by atoms with Crippen LogP contribution in [0.1, 0.15) is 6.92 Å². The van der Waals surface area contributed by atoms with Crippen molar-refractivity contribution < 1.29 is 9.18 Å². The highest BCUT2D eigenvalue weighted by atomic mass is 32.1. The van der Waals surface area contributed by atoms with Gasteiger partial charge in [-0.15, -0.1) is 0 Å². The topological polar surface area (TPSA) is 68.0 Å². The molecule has 6 heteroatoms. The molecule has 1 aromatic heterocycles. The molecule has 0 aliphatic carbocycles. The van der Waals surface area contributed by atoms with Gasteiger partial charge in [0, 0.05) is 0 Å². The van der Waals surface area contributed by atoms with Gasteiger partial charge >= 0.3 is 0 Å². The number of hydrogen-bond acceptors (Lipinski definition) is 3. The number of carbonyl (C=O) groups is 1. The lowest BCUT2D eigenvalue weighted by molar-refractivity contribution is -0.117. The standard InChI is InChI=1S/C9H10FN3OS/c1-5(8(11)15)9(14)13-7-3-2-6(10)4-12-7/h2-5H,1H3,(H2,11,15)(H,12,13,14). The first-order valence-electron chi connectivity index (χ1n) is 4.22. The summed E-state index contributed by atoms with van der Waals surface area (Å²) in [7, 11) is 0. The van der Waals surface area contributed by atoms with Gasteiger partial charge in [-0.1, -0.05) is 12.2 Å². The van der Waals surface area contributed by atoms with Gasteiger partial charge in [0.05, 0.1) is 17.1 Å². The molecule has 0 saturated carbocycles. The maximum Gasteiger partial charge on any atom is 0.235 e. The van der Waals surface area contributed by atoms with Gasteiger partial charge in [0.25, 0.3) is 0 Å². The molecule has 0 bridgehead atoms. The van der Waals surface area contributed by atoms with Gasteiger partial charge in [-0.05, 0) is 19.1 Å². The largest absolute Gasteiger partial charge is 0.393 e. The molecule has 0 spiro atoms. The van der Waals surface area contributed by atoms with Crippen LogP contribution in [0.2, 0.25) is 0 Å². The van der Waals surface area contributed by atoms with Crippen molar-refractivity contribution >= 4 is 28.9 Å². The summed E-state index contributed by atoms with van der Waals surface area (Å²) < 4.78 is 12.5. The van der Waals surface area contributed by atoms with E-state index in [4.69, 9.17) is 5.73 Å². The van der Waals surface area contributed by atoms with Crippen molar-refractivity contribution in [3.05, 3.63) is 24.1 Å². The van der Waals surface area contributed by atoms with Crippen LogP contribution in [0.3, 0.4) is 0 Å². The fraction of sp³-hybridized carbons (Fsp3) is 0.222. The molecule has 0 aliphatic rings. The van der Waals surface area contributed by atoms with Crippen LogP contribution >= 0.6 is 12.2 Å². The number of hydrogen-bond donors (Lipinski definition) is 2. The van der Waals surface area contributed by atoms with E-state index in [1.807, 2.05) is 0 Å². The molecule has 15 heavy (non-hydrogen) atoms. The van der Waals surface area contributed by atoms with E-state index in [1.165, 1.54) is 12.1 Å². The minimum absolute atomic E-state index is 0.106. The number of carbonyl (C=O) groups excluding carboxylic acids is 1. The lowest BCUT2D eigenvalue weighted by Crippen LogP contribution is -2.31. The summed E-state index contributed by atoms with van der Waals surface area (Å²) in [5, 5.41) is 2.47. The Balaban J connectivity index is 2.66. The summed E-state index contributed by atoms with van der Waals surface area (Å²) in [6, 6.07) is 2.56. The summed E-state index contributed by atoms with van der Waals surface area (Å²) in [6.07, 6.45) is 1.01. The zero-order valence-corrected chi connectivity index (χ0v) is 8.84. The van der Waals surface area contributed by atoms with Gasteiger partial charge in [0.2, 0.25) is 5.91 Å². The summed E-state index contributed by atoms with van der Waals surface area (Å²) in [5.74, 6) is -1.13. The quantitative estimate of drug-likeness (QED) is 0.758. The van der Waals surface area contributed by atoms with Gasteiger partial charge < -0.3 is 11.1 Å². The van der Waals surface area contributed by atoms with E-state index in [9.17, 15) is 9.18 Å². The molecule has 0 aromatic carbocycles.